The van der Waals surface area contributed by atoms with E-state index >= 15 is 0 Å². The molecule has 1 aliphatic rings. The van der Waals surface area contributed by atoms with Crippen LogP contribution in [-0.4, -0.2) is 12.0 Å². The molecule has 17 heavy (non-hydrogen) atoms. The summed E-state index contributed by atoms with van der Waals surface area (Å²) in [5.41, 5.74) is 7.22. The van der Waals surface area contributed by atoms with Gasteiger partial charge in [-0.2, -0.15) is 0 Å². The van der Waals surface area contributed by atoms with Crippen LogP contribution in [0.5, 0.6) is 0 Å². The molecule has 0 atom stereocenters. The topological polar surface area (TPSA) is 50.4 Å². The molecule has 0 bridgehead atoms. The summed E-state index contributed by atoms with van der Waals surface area (Å²) in [6, 6.07) is 2.66. The minimum atomic E-state index is 0.539. The van der Waals surface area contributed by atoms with E-state index < -0.39 is 0 Å². The summed E-state index contributed by atoms with van der Waals surface area (Å²) in [7, 11) is 0. The molecule has 1 aliphatic carbocycles. The highest BCUT2D eigenvalue weighted by molar-refractivity contribution is 7.10. The first kappa shape index (κ1) is 12.4. The number of rotatable bonds is 3. The van der Waals surface area contributed by atoms with Gasteiger partial charge in [0.2, 0.25) is 0 Å². The van der Waals surface area contributed by atoms with Crippen LogP contribution in [0.1, 0.15) is 42.5 Å². The zero-order chi connectivity index (χ0) is 12.1. The lowest BCUT2D eigenvalue weighted by molar-refractivity contribution is 0.412. The second-order valence-electron chi connectivity index (χ2n) is 4.71. The summed E-state index contributed by atoms with van der Waals surface area (Å²) in [6.45, 7) is 2.82. The molecule has 3 nitrogen and oxygen atoms in total. The van der Waals surface area contributed by atoms with Gasteiger partial charge in [-0.25, -0.2) is 4.99 Å². The van der Waals surface area contributed by atoms with Gasteiger partial charge in [-0.1, -0.05) is 19.3 Å². The van der Waals surface area contributed by atoms with Gasteiger partial charge in [0.05, 0.1) is 6.54 Å². The molecular formula is C13H21N3S. The number of aliphatic imine (C=N–C) groups is 1. The smallest absolute Gasteiger partial charge is 0.189 e. The summed E-state index contributed by atoms with van der Waals surface area (Å²) < 4.78 is 0. The van der Waals surface area contributed by atoms with E-state index in [-0.39, 0.29) is 0 Å². The predicted octanol–water partition coefficient (Wildman–Crippen LogP) is 2.79. The first-order valence-corrected chi connectivity index (χ1v) is 7.23. The van der Waals surface area contributed by atoms with Crippen molar-refractivity contribution in [1.82, 2.24) is 5.32 Å². The molecule has 1 aromatic rings. The molecule has 0 saturated heterocycles. The van der Waals surface area contributed by atoms with Crippen LogP contribution in [0.2, 0.25) is 0 Å². The van der Waals surface area contributed by atoms with Gasteiger partial charge < -0.3 is 11.1 Å². The van der Waals surface area contributed by atoms with Crippen molar-refractivity contribution in [3.63, 3.8) is 0 Å². The van der Waals surface area contributed by atoms with Crippen LogP contribution >= 0.6 is 11.3 Å². The van der Waals surface area contributed by atoms with Crippen molar-refractivity contribution in [1.29, 1.82) is 0 Å². The maximum atomic E-state index is 5.91. The van der Waals surface area contributed by atoms with Gasteiger partial charge in [0.1, 0.15) is 0 Å². The Hall–Kier alpha value is -1.03. The summed E-state index contributed by atoms with van der Waals surface area (Å²) in [4.78, 5) is 5.72. The molecule has 1 heterocycles. The zero-order valence-corrected chi connectivity index (χ0v) is 11.2. The summed E-state index contributed by atoms with van der Waals surface area (Å²) in [6.07, 6.45) is 6.45. The van der Waals surface area contributed by atoms with E-state index in [0.29, 0.717) is 18.5 Å². The number of thiophene rings is 1. The van der Waals surface area contributed by atoms with Crippen LogP contribution in [0.25, 0.3) is 0 Å². The van der Waals surface area contributed by atoms with Crippen molar-refractivity contribution < 1.29 is 0 Å². The third kappa shape index (κ3) is 3.73. The molecule has 94 valence electrons. The van der Waals surface area contributed by atoms with Crippen molar-refractivity contribution >= 4 is 17.3 Å². The molecule has 0 spiro atoms. The molecule has 2 rings (SSSR count). The summed E-state index contributed by atoms with van der Waals surface area (Å²) in [5, 5.41) is 5.44. The average Bonchev–Trinajstić information content (AvgIpc) is 2.74. The Labute approximate surface area is 107 Å². The number of guanidine groups is 1. The van der Waals surface area contributed by atoms with Gasteiger partial charge in [0, 0.05) is 10.9 Å². The highest BCUT2D eigenvalue weighted by Gasteiger charge is 2.13. The Kier molecular flexibility index (Phi) is 4.42. The molecule has 1 saturated carbocycles. The van der Waals surface area contributed by atoms with E-state index in [4.69, 9.17) is 5.73 Å². The Bertz CT molecular complexity index is 378. The van der Waals surface area contributed by atoms with E-state index in [2.05, 4.69) is 28.7 Å². The second-order valence-corrected chi connectivity index (χ2v) is 5.71. The Balaban J connectivity index is 1.82. The van der Waals surface area contributed by atoms with Crippen LogP contribution in [0.15, 0.2) is 16.4 Å². The van der Waals surface area contributed by atoms with Gasteiger partial charge in [-0.15, -0.1) is 11.3 Å². The number of nitrogens with two attached hydrogens (primary N) is 1. The van der Waals surface area contributed by atoms with Crippen LogP contribution in [0.4, 0.5) is 0 Å². The fourth-order valence-electron chi connectivity index (χ4n) is 2.22. The number of hydrogen-bond acceptors (Lipinski definition) is 2. The van der Waals surface area contributed by atoms with E-state index in [1.165, 1.54) is 42.5 Å². The van der Waals surface area contributed by atoms with Gasteiger partial charge >= 0.3 is 0 Å². The van der Waals surface area contributed by atoms with Crippen LogP contribution < -0.4 is 11.1 Å². The standard InChI is InChI=1S/C13H21N3S/c1-10-7-8-17-12(10)9-15-13(14)16-11-5-3-2-4-6-11/h7-8,11H,2-6,9H2,1H3,(H3,14,15,16). The zero-order valence-electron chi connectivity index (χ0n) is 10.4. The Morgan fingerprint density at radius 1 is 1.47 bits per heavy atom. The largest absolute Gasteiger partial charge is 0.370 e. The minimum absolute atomic E-state index is 0.539. The van der Waals surface area contributed by atoms with Gasteiger partial charge in [-0.05, 0) is 36.8 Å². The van der Waals surface area contributed by atoms with Crippen molar-refractivity contribution in [3.8, 4) is 0 Å². The molecule has 1 aromatic heterocycles. The fourth-order valence-corrected chi connectivity index (χ4v) is 3.05. The number of aryl methyl sites for hydroxylation is 1. The Morgan fingerprint density at radius 2 is 2.24 bits per heavy atom. The lowest BCUT2D eigenvalue weighted by Crippen LogP contribution is -2.41. The lowest BCUT2D eigenvalue weighted by atomic mass is 9.96. The molecular weight excluding hydrogens is 230 g/mol. The van der Waals surface area contributed by atoms with Gasteiger partial charge in [0.15, 0.2) is 5.96 Å². The van der Waals surface area contributed by atoms with E-state index in [1.54, 1.807) is 11.3 Å². The van der Waals surface area contributed by atoms with Crippen molar-refractivity contribution in [2.24, 2.45) is 10.7 Å². The third-order valence-corrected chi connectivity index (χ3v) is 4.33. The van der Waals surface area contributed by atoms with Crippen molar-refractivity contribution in [2.75, 3.05) is 0 Å². The highest BCUT2D eigenvalue weighted by atomic mass is 32.1. The van der Waals surface area contributed by atoms with Crippen molar-refractivity contribution in [3.05, 3.63) is 21.9 Å². The number of nitrogens with zero attached hydrogens (tertiary/aromatic N) is 1. The Morgan fingerprint density at radius 3 is 2.88 bits per heavy atom. The molecule has 3 N–H and O–H groups in total. The summed E-state index contributed by atoms with van der Waals surface area (Å²) >= 11 is 1.75. The predicted molar refractivity (Wildman–Crippen MR) is 74.4 cm³/mol. The van der Waals surface area contributed by atoms with Crippen molar-refractivity contribution in [2.45, 2.75) is 51.6 Å². The fraction of sp³-hybridized carbons (Fsp3) is 0.615. The molecule has 0 aromatic carbocycles. The molecule has 0 aliphatic heterocycles. The van der Waals surface area contributed by atoms with Gasteiger partial charge in [0.25, 0.3) is 0 Å². The SMILES string of the molecule is Cc1ccsc1CN=C(N)NC1CCCCC1. The quantitative estimate of drug-likeness (QED) is 0.641. The molecule has 1 fully saturated rings. The highest BCUT2D eigenvalue weighted by Crippen LogP contribution is 2.18. The summed E-state index contributed by atoms with van der Waals surface area (Å²) in [5.74, 6) is 0.602. The first-order valence-electron chi connectivity index (χ1n) is 6.35. The van der Waals surface area contributed by atoms with Crippen LogP contribution in [-0.2, 0) is 6.54 Å². The normalized spacial score (nSPS) is 18.3. The maximum absolute atomic E-state index is 5.91. The molecule has 0 radical (unpaired) electrons. The average molecular weight is 251 g/mol. The van der Waals surface area contributed by atoms with Crippen LogP contribution in [0, 0.1) is 6.92 Å². The van der Waals surface area contributed by atoms with E-state index in [0.717, 1.165) is 0 Å². The van der Waals surface area contributed by atoms with Crippen LogP contribution in [0.3, 0.4) is 0 Å². The maximum Gasteiger partial charge on any atom is 0.189 e. The van der Waals surface area contributed by atoms with E-state index in [9.17, 15) is 0 Å². The minimum Gasteiger partial charge on any atom is -0.370 e. The third-order valence-electron chi connectivity index (χ3n) is 3.32. The molecule has 0 amide bonds. The number of hydrogen-bond donors (Lipinski definition) is 2. The monoisotopic (exact) mass is 251 g/mol. The van der Waals surface area contributed by atoms with Gasteiger partial charge in [-0.3, -0.25) is 0 Å². The molecule has 4 heteroatoms. The second kappa shape index (κ2) is 6.05. The molecule has 0 unspecified atom stereocenters. The lowest BCUT2D eigenvalue weighted by Gasteiger charge is -2.23. The van der Waals surface area contributed by atoms with E-state index in [1.807, 2.05) is 0 Å². The number of nitrogens with one attached hydrogen (secondary N) is 1. The first-order chi connectivity index (χ1) is 8.25.